The smallest absolute Gasteiger partial charge is 0.333 e. The molecule has 0 saturated carbocycles. The lowest BCUT2D eigenvalue weighted by molar-refractivity contribution is -0.768. The van der Waals surface area contributed by atoms with Gasteiger partial charge in [-0.1, -0.05) is 6.07 Å². The second kappa shape index (κ2) is 8.65. The van der Waals surface area contributed by atoms with Crippen LogP contribution in [0.3, 0.4) is 0 Å². The molecule has 34 heavy (non-hydrogen) atoms. The summed E-state index contributed by atoms with van der Waals surface area (Å²) in [4.78, 5) is 10.6. The van der Waals surface area contributed by atoms with Crippen LogP contribution in [0.2, 0.25) is 0 Å². The maximum atomic E-state index is 14.9. The van der Waals surface area contributed by atoms with Crippen molar-refractivity contribution in [1.29, 1.82) is 0 Å². The zero-order valence-corrected chi connectivity index (χ0v) is 18.4. The summed E-state index contributed by atoms with van der Waals surface area (Å²) in [6.45, 7) is 3.30. The minimum atomic E-state index is -1.70. The molecule has 5 rings (SSSR count). The van der Waals surface area contributed by atoms with Gasteiger partial charge in [-0.2, -0.15) is 19.6 Å². The van der Waals surface area contributed by atoms with Crippen molar-refractivity contribution in [1.82, 2.24) is 25.1 Å². The molecule has 0 fully saturated rings. The van der Waals surface area contributed by atoms with Crippen molar-refractivity contribution in [2.45, 2.75) is 38.2 Å². The molecule has 2 aromatic carbocycles. The molecule has 8 nitrogen and oxygen atoms in total. The number of rotatable bonds is 6. The van der Waals surface area contributed by atoms with Gasteiger partial charge in [-0.15, -0.1) is 0 Å². The largest absolute Gasteiger partial charge is 0.379 e. The molecule has 3 heterocycles. The third-order valence-corrected chi connectivity index (χ3v) is 6.42. The molecule has 0 amide bonds. The van der Waals surface area contributed by atoms with E-state index in [1.807, 2.05) is 16.5 Å². The lowest BCUT2D eigenvalue weighted by atomic mass is 9.85. The van der Waals surface area contributed by atoms with Gasteiger partial charge in [-0.25, -0.2) is 13.2 Å². The fourth-order valence-electron chi connectivity index (χ4n) is 4.45. The number of aromatic nitrogens is 6. The van der Waals surface area contributed by atoms with Crippen LogP contribution in [0.1, 0.15) is 18.3 Å². The lowest BCUT2D eigenvalue weighted by Crippen LogP contribution is -2.61. The molecular weight excluding hydrogens is 447 g/mol. The number of hydrogen-bond acceptors (Lipinski definition) is 4. The van der Waals surface area contributed by atoms with E-state index in [0.717, 1.165) is 23.5 Å². The minimum Gasteiger partial charge on any atom is -0.379 e. The summed E-state index contributed by atoms with van der Waals surface area (Å²) in [5.74, 6) is -0.518. The summed E-state index contributed by atoms with van der Waals surface area (Å²) in [7, 11) is 0. The predicted molar refractivity (Wildman–Crippen MR) is 113 cm³/mol. The van der Waals surface area contributed by atoms with Crippen molar-refractivity contribution in [3.05, 3.63) is 84.0 Å². The molecule has 0 unspecified atom stereocenters. The van der Waals surface area contributed by atoms with Gasteiger partial charge in [0.05, 0.1) is 0 Å². The monoisotopic (exact) mass is 471 g/mol. The summed E-state index contributed by atoms with van der Waals surface area (Å²) in [6, 6.07) is 8.68. The standard InChI is InChI=1S/C23H22F3N7O/c1-15(23(34,12-32-14-27-13-28-32)19-7-6-18(25)10-20(19)26)31-8-9-33-21(11-31)29-22(30-33)16-2-4-17(24)5-3-16/h2-7,10,13-15,34H,8-9,11-12H2,1H3/p+2/t15-,23-/m1/s1. The van der Waals surface area contributed by atoms with E-state index >= 15 is 0 Å². The normalized spacial score (nSPS) is 16.7. The van der Waals surface area contributed by atoms with E-state index in [2.05, 4.69) is 20.2 Å². The number of H-pyrrole nitrogens is 2. The Bertz CT molecular complexity index is 1290. The van der Waals surface area contributed by atoms with Crippen LogP contribution in [0.4, 0.5) is 13.2 Å². The van der Waals surface area contributed by atoms with Crippen molar-refractivity contribution in [2.24, 2.45) is 0 Å². The first-order chi connectivity index (χ1) is 16.3. The minimum absolute atomic E-state index is 0.00372. The number of fused-ring (bicyclic) bond motifs is 1. The van der Waals surface area contributed by atoms with E-state index in [1.165, 1.54) is 30.9 Å². The number of nitrogens with zero attached hydrogens (tertiary/aromatic N) is 5. The Labute approximate surface area is 193 Å². The Morgan fingerprint density at radius 2 is 1.91 bits per heavy atom. The Balaban J connectivity index is 1.45. The van der Waals surface area contributed by atoms with Gasteiger partial charge >= 0.3 is 12.2 Å². The van der Waals surface area contributed by atoms with Crippen molar-refractivity contribution in [3.8, 4) is 11.4 Å². The first-order valence-electron chi connectivity index (χ1n) is 10.9. The van der Waals surface area contributed by atoms with Crippen LogP contribution in [0, 0.1) is 17.5 Å². The number of hydrogen-bond donors (Lipinski definition) is 3. The zero-order chi connectivity index (χ0) is 23.9. The van der Waals surface area contributed by atoms with Gasteiger partial charge in [0.1, 0.15) is 42.7 Å². The van der Waals surface area contributed by atoms with Crippen LogP contribution in [0.5, 0.6) is 0 Å². The summed E-state index contributed by atoms with van der Waals surface area (Å²) in [5.41, 5.74) is -0.952. The van der Waals surface area contributed by atoms with Crippen LogP contribution < -0.4 is 9.36 Å². The van der Waals surface area contributed by atoms with Gasteiger partial charge in [0.25, 0.3) is 5.82 Å². The van der Waals surface area contributed by atoms with Crippen LogP contribution in [-0.4, -0.2) is 42.8 Å². The molecule has 1 aliphatic rings. The Morgan fingerprint density at radius 1 is 1.15 bits per heavy atom. The van der Waals surface area contributed by atoms with Crippen molar-refractivity contribution in [3.63, 3.8) is 0 Å². The Hall–Kier alpha value is -3.57. The molecule has 0 radical (unpaired) electrons. The number of aromatic amines is 2. The Morgan fingerprint density at radius 3 is 2.62 bits per heavy atom. The van der Waals surface area contributed by atoms with Gasteiger partial charge in [-0.05, 0) is 47.2 Å². The lowest BCUT2D eigenvalue weighted by Gasteiger charge is -2.40. The van der Waals surface area contributed by atoms with Gasteiger partial charge in [-0.3, -0.25) is 4.90 Å². The number of aliphatic hydroxyl groups is 1. The molecule has 0 aliphatic carbocycles. The van der Waals surface area contributed by atoms with Crippen LogP contribution >= 0.6 is 0 Å². The Kier molecular flexibility index (Phi) is 5.66. The molecule has 176 valence electrons. The second-order valence-corrected chi connectivity index (χ2v) is 8.49. The quantitative estimate of drug-likeness (QED) is 0.373. The van der Waals surface area contributed by atoms with Crippen molar-refractivity contribution < 1.29 is 27.6 Å². The predicted octanol–water partition coefficient (Wildman–Crippen LogP) is 1.58. The van der Waals surface area contributed by atoms with E-state index < -0.39 is 23.3 Å². The van der Waals surface area contributed by atoms with Crippen LogP contribution in [0.25, 0.3) is 11.4 Å². The van der Waals surface area contributed by atoms with E-state index in [-0.39, 0.29) is 17.9 Å². The maximum Gasteiger partial charge on any atom is 0.333 e. The summed E-state index contributed by atoms with van der Waals surface area (Å²) < 4.78 is 45.2. The maximum absolute atomic E-state index is 14.9. The molecule has 0 bridgehead atoms. The molecule has 11 heteroatoms. The van der Waals surface area contributed by atoms with Crippen LogP contribution in [0.15, 0.2) is 55.1 Å². The average Bonchev–Trinajstić information content (AvgIpc) is 3.48. The molecule has 3 N–H and O–H groups in total. The van der Waals surface area contributed by atoms with E-state index in [9.17, 15) is 18.3 Å². The zero-order valence-electron chi connectivity index (χ0n) is 18.4. The molecule has 2 atom stereocenters. The third kappa shape index (κ3) is 4.08. The second-order valence-electron chi connectivity index (χ2n) is 8.49. The number of nitrogens with one attached hydrogen (secondary N) is 2. The first kappa shape index (κ1) is 22.2. The summed E-state index contributed by atoms with van der Waals surface area (Å²) >= 11 is 0. The highest BCUT2D eigenvalue weighted by Gasteiger charge is 2.45. The molecule has 4 aromatic rings. The highest BCUT2D eigenvalue weighted by atomic mass is 19.1. The highest BCUT2D eigenvalue weighted by Crippen LogP contribution is 2.32. The fourth-order valence-corrected chi connectivity index (χ4v) is 4.45. The van der Waals surface area contributed by atoms with E-state index in [0.29, 0.717) is 25.5 Å². The van der Waals surface area contributed by atoms with Crippen molar-refractivity contribution >= 4 is 0 Å². The van der Waals surface area contributed by atoms with Crippen LogP contribution in [-0.2, 0) is 25.2 Å². The van der Waals surface area contributed by atoms with Gasteiger partial charge < -0.3 is 5.11 Å². The molecular formula is C23H24F3N7O+2. The number of benzene rings is 2. The molecule has 0 spiro atoms. The first-order valence-corrected chi connectivity index (χ1v) is 10.9. The molecule has 2 aromatic heterocycles. The topological polar surface area (TPSA) is 88.6 Å². The van der Waals surface area contributed by atoms with E-state index in [4.69, 9.17) is 0 Å². The van der Waals surface area contributed by atoms with Gasteiger partial charge in [0, 0.05) is 29.8 Å². The van der Waals surface area contributed by atoms with Crippen molar-refractivity contribution in [2.75, 3.05) is 6.54 Å². The molecule has 0 saturated heterocycles. The molecule has 1 aliphatic heterocycles. The van der Waals surface area contributed by atoms with Gasteiger partial charge in [0.2, 0.25) is 6.33 Å². The third-order valence-electron chi connectivity index (χ3n) is 6.42. The highest BCUT2D eigenvalue weighted by molar-refractivity contribution is 5.53. The average molecular weight is 471 g/mol. The van der Waals surface area contributed by atoms with Gasteiger partial charge in [0.15, 0.2) is 0 Å². The summed E-state index contributed by atoms with van der Waals surface area (Å²) in [5, 5.41) is 18.0. The fraction of sp³-hybridized carbons (Fsp3) is 0.304. The SMILES string of the molecule is C[C@@H](N1CC[n+]2[nH]c(-c3ccc(F)cc3)nc2C1)[C@](O)(C[n+]1cnc[nH]1)c1ccc(F)cc1F. The number of halogens is 3. The van der Waals surface area contributed by atoms with E-state index in [1.54, 1.807) is 16.8 Å². The summed E-state index contributed by atoms with van der Waals surface area (Å²) in [6.07, 6.45) is 2.95.